The van der Waals surface area contributed by atoms with E-state index in [1.54, 1.807) is 4.90 Å². The third-order valence-corrected chi connectivity index (χ3v) is 5.58. The highest BCUT2D eigenvalue weighted by atomic mass is 79.9. The van der Waals surface area contributed by atoms with Crippen LogP contribution < -0.4 is 4.90 Å². The first kappa shape index (κ1) is 17.5. The molecule has 1 aromatic rings. The molecule has 0 aromatic heterocycles. The molecule has 0 unspecified atom stereocenters. The molecule has 1 aromatic carbocycles. The van der Waals surface area contributed by atoms with Crippen molar-refractivity contribution in [2.24, 2.45) is 0 Å². The highest BCUT2D eigenvalue weighted by molar-refractivity contribution is 9.10. The number of thioether (sulfide) groups is 1. The molecule has 1 heterocycles. The van der Waals surface area contributed by atoms with Crippen molar-refractivity contribution in [3.8, 4) is 0 Å². The van der Waals surface area contributed by atoms with E-state index in [1.165, 1.54) is 17.4 Å². The van der Waals surface area contributed by atoms with E-state index in [4.69, 9.17) is 12.2 Å². The first-order valence-electron chi connectivity index (χ1n) is 7.31. The summed E-state index contributed by atoms with van der Waals surface area (Å²) in [5.74, 6) is 0.00134. The van der Waals surface area contributed by atoms with Gasteiger partial charge in [0.2, 0.25) is 0 Å². The Kier molecular flexibility index (Phi) is 6.06. The number of thiocarbonyl (C=S) groups is 1. The average molecular weight is 399 g/mol. The summed E-state index contributed by atoms with van der Waals surface area (Å²) < 4.78 is 1.67. The maximum Gasteiger partial charge on any atom is 0.266 e. The average Bonchev–Trinajstić information content (AvgIpc) is 2.76. The zero-order valence-electron chi connectivity index (χ0n) is 12.9. The van der Waals surface area contributed by atoms with Crippen molar-refractivity contribution in [2.75, 3.05) is 24.5 Å². The number of carbonyl (C=O) groups excluding carboxylic acids is 1. The van der Waals surface area contributed by atoms with Crippen LogP contribution in [0.4, 0.5) is 5.69 Å². The number of hydrogen-bond acceptors (Lipinski definition) is 4. The number of carbonyl (C=O) groups is 1. The van der Waals surface area contributed by atoms with Gasteiger partial charge in [0.25, 0.3) is 5.91 Å². The lowest BCUT2D eigenvalue weighted by atomic mass is 10.1. The fraction of sp³-hybridized carbons (Fsp3) is 0.375. The second-order valence-corrected chi connectivity index (χ2v) is 7.34. The van der Waals surface area contributed by atoms with Crippen molar-refractivity contribution in [1.82, 2.24) is 4.90 Å². The lowest BCUT2D eigenvalue weighted by molar-refractivity contribution is -0.121. The molecule has 1 aliphatic rings. The van der Waals surface area contributed by atoms with Crippen LogP contribution in [0.15, 0.2) is 27.6 Å². The van der Waals surface area contributed by atoms with Gasteiger partial charge >= 0.3 is 0 Å². The summed E-state index contributed by atoms with van der Waals surface area (Å²) in [4.78, 5) is 16.8. The zero-order chi connectivity index (χ0) is 16.3. The molecular formula is C16H19BrN2OS2. The summed E-state index contributed by atoms with van der Waals surface area (Å²) in [6.07, 6.45) is 1.91. The Bertz CT molecular complexity index is 627. The predicted octanol–water partition coefficient (Wildman–Crippen LogP) is 4.52. The first-order valence-corrected chi connectivity index (χ1v) is 9.33. The lowest BCUT2D eigenvalue weighted by Gasteiger charge is -2.22. The molecule has 0 bridgehead atoms. The first-order chi connectivity index (χ1) is 10.5. The molecule has 3 nitrogen and oxygen atoms in total. The van der Waals surface area contributed by atoms with Crippen LogP contribution in [0.1, 0.15) is 26.3 Å². The highest BCUT2D eigenvalue weighted by Crippen LogP contribution is 2.34. The molecule has 118 valence electrons. The maximum absolute atomic E-state index is 12.2. The van der Waals surface area contributed by atoms with Crippen LogP contribution in [0.2, 0.25) is 0 Å². The van der Waals surface area contributed by atoms with Gasteiger partial charge < -0.3 is 4.90 Å². The summed E-state index contributed by atoms with van der Waals surface area (Å²) in [6, 6.07) is 6.17. The summed E-state index contributed by atoms with van der Waals surface area (Å²) in [7, 11) is 0. The molecule has 1 fully saturated rings. The third kappa shape index (κ3) is 3.55. The summed E-state index contributed by atoms with van der Waals surface area (Å²) in [5, 5.41) is 0. The van der Waals surface area contributed by atoms with Gasteiger partial charge in [-0.05, 0) is 60.5 Å². The van der Waals surface area contributed by atoms with Crippen molar-refractivity contribution in [1.29, 1.82) is 0 Å². The van der Waals surface area contributed by atoms with E-state index in [2.05, 4.69) is 40.7 Å². The van der Waals surface area contributed by atoms with Gasteiger partial charge in [-0.15, -0.1) is 0 Å². The highest BCUT2D eigenvalue weighted by Gasteiger charge is 2.30. The second-order valence-electron chi connectivity index (χ2n) is 4.81. The molecule has 2 rings (SSSR count). The minimum absolute atomic E-state index is 0.00134. The summed E-state index contributed by atoms with van der Waals surface area (Å²) in [6.45, 7) is 8.75. The molecule has 0 radical (unpaired) electrons. The number of rotatable bonds is 5. The Morgan fingerprint density at radius 2 is 2.00 bits per heavy atom. The van der Waals surface area contributed by atoms with Crippen LogP contribution in [0, 0.1) is 0 Å². The molecule has 6 heteroatoms. The van der Waals surface area contributed by atoms with Gasteiger partial charge in [0.1, 0.15) is 4.32 Å². The molecule has 1 aliphatic heterocycles. The topological polar surface area (TPSA) is 23.6 Å². The Balaban J connectivity index is 2.28. The molecule has 22 heavy (non-hydrogen) atoms. The fourth-order valence-electron chi connectivity index (χ4n) is 2.36. The van der Waals surface area contributed by atoms with Crippen LogP contribution in [-0.4, -0.2) is 34.8 Å². The number of likely N-dealkylation sites (N-methyl/N-ethyl adjacent to an activating group) is 1. The normalized spacial score (nSPS) is 16.7. The SMILES string of the molecule is CCN1C(=O)C(=Cc2ccc(N(CC)CC)c(Br)c2)SC1=S. The maximum atomic E-state index is 12.2. The van der Waals surface area contributed by atoms with Crippen molar-refractivity contribution in [3.63, 3.8) is 0 Å². The molecule has 0 atom stereocenters. The van der Waals surface area contributed by atoms with Crippen molar-refractivity contribution >= 4 is 61.9 Å². The Labute approximate surface area is 149 Å². The minimum atomic E-state index is 0.00134. The number of halogens is 1. The minimum Gasteiger partial charge on any atom is -0.371 e. The van der Waals surface area contributed by atoms with Gasteiger partial charge in [-0.2, -0.15) is 0 Å². The molecule has 1 saturated heterocycles. The molecule has 0 aliphatic carbocycles. The van der Waals surface area contributed by atoms with Crippen molar-refractivity contribution in [3.05, 3.63) is 33.1 Å². The smallest absolute Gasteiger partial charge is 0.266 e. The summed E-state index contributed by atoms with van der Waals surface area (Å²) >= 11 is 10.2. The predicted molar refractivity (Wildman–Crippen MR) is 103 cm³/mol. The van der Waals surface area contributed by atoms with Crippen LogP contribution >= 0.6 is 39.9 Å². The van der Waals surface area contributed by atoms with E-state index in [9.17, 15) is 4.79 Å². The van der Waals surface area contributed by atoms with Gasteiger partial charge in [-0.1, -0.05) is 30.0 Å². The number of amides is 1. The van der Waals surface area contributed by atoms with E-state index in [1.807, 2.05) is 25.1 Å². The van der Waals surface area contributed by atoms with Crippen LogP contribution in [0.3, 0.4) is 0 Å². The van der Waals surface area contributed by atoms with Crippen LogP contribution in [0.5, 0.6) is 0 Å². The van der Waals surface area contributed by atoms with E-state index in [-0.39, 0.29) is 5.91 Å². The van der Waals surface area contributed by atoms with Crippen molar-refractivity contribution in [2.45, 2.75) is 20.8 Å². The molecule has 1 amide bonds. The van der Waals surface area contributed by atoms with Crippen LogP contribution in [0.25, 0.3) is 6.08 Å². The number of hydrogen-bond donors (Lipinski definition) is 0. The van der Waals surface area contributed by atoms with Gasteiger partial charge in [0.05, 0.1) is 10.6 Å². The van der Waals surface area contributed by atoms with E-state index < -0.39 is 0 Å². The Morgan fingerprint density at radius 1 is 1.32 bits per heavy atom. The standard InChI is InChI=1S/C16H19BrN2OS2/c1-4-18(5-2)13-8-7-11(9-12(13)17)10-14-15(20)19(6-3)16(21)22-14/h7-10H,4-6H2,1-3H3. The quantitative estimate of drug-likeness (QED) is 0.537. The molecule has 0 N–H and O–H groups in total. The number of nitrogens with zero attached hydrogens (tertiary/aromatic N) is 2. The van der Waals surface area contributed by atoms with Crippen LogP contribution in [-0.2, 0) is 4.79 Å². The zero-order valence-corrected chi connectivity index (χ0v) is 16.1. The number of anilines is 1. The Morgan fingerprint density at radius 3 is 2.50 bits per heavy atom. The second kappa shape index (κ2) is 7.62. The van der Waals surface area contributed by atoms with E-state index >= 15 is 0 Å². The molecular weight excluding hydrogens is 380 g/mol. The van der Waals surface area contributed by atoms with Gasteiger partial charge in [0.15, 0.2) is 0 Å². The Hall–Kier alpha value is -0.850. The van der Waals surface area contributed by atoms with E-state index in [0.29, 0.717) is 15.8 Å². The fourth-order valence-corrected chi connectivity index (χ4v) is 4.39. The number of benzene rings is 1. The van der Waals surface area contributed by atoms with Crippen molar-refractivity contribution < 1.29 is 4.79 Å². The van der Waals surface area contributed by atoms with E-state index in [0.717, 1.165) is 23.1 Å². The third-order valence-electron chi connectivity index (χ3n) is 3.56. The van der Waals surface area contributed by atoms with Gasteiger partial charge in [-0.3, -0.25) is 9.69 Å². The van der Waals surface area contributed by atoms with Gasteiger partial charge in [-0.25, -0.2) is 0 Å². The molecule has 0 saturated carbocycles. The lowest BCUT2D eigenvalue weighted by Crippen LogP contribution is -2.27. The molecule has 0 spiro atoms. The summed E-state index contributed by atoms with van der Waals surface area (Å²) in [5.41, 5.74) is 2.17. The largest absolute Gasteiger partial charge is 0.371 e. The monoisotopic (exact) mass is 398 g/mol. The van der Waals surface area contributed by atoms with Gasteiger partial charge in [0, 0.05) is 24.1 Å².